The summed E-state index contributed by atoms with van der Waals surface area (Å²) < 4.78 is 0. The van der Waals surface area contributed by atoms with Crippen LogP contribution in [-0.4, -0.2) is 15.0 Å². The van der Waals surface area contributed by atoms with Crippen LogP contribution in [0.2, 0.25) is 0 Å². The molecule has 0 bridgehead atoms. The van der Waals surface area contributed by atoms with Crippen molar-refractivity contribution < 1.29 is 0 Å². The van der Waals surface area contributed by atoms with Gasteiger partial charge in [0.2, 0.25) is 0 Å². The number of hydrogen-bond acceptors (Lipinski definition) is 6. The van der Waals surface area contributed by atoms with Gasteiger partial charge in [-0.3, -0.25) is 15.0 Å². The fraction of sp³-hybridized carbons (Fsp3) is 0.286. The first-order chi connectivity index (χ1) is 13.1. The van der Waals surface area contributed by atoms with Crippen LogP contribution >= 0.6 is 0 Å². The van der Waals surface area contributed by atoms with Crippen LogP contribution in [0.3, 0.4) is 0 Å². The number of nitrogen functional groups attached to an aromatic ring is 3. The molecule has 0 amide bonds. The highest BCUT2D eigenvalue weighted by molar-refractivity contribution is 5.42. The molecule has 6 heteroatoms. The molecule has 3 aromatic rings. The van der Waals surface area contributed by atoms with Gasteiger partial charge in [-0.25, -0.2) is 0 Å². The van der Waals surface area contributed by atoms with E-state index in [1.165, 1.54) is 0 Å². The molecule has 3 heterocycles. The van der Waals surface area contributed by atoms with Crippen LogP contribution in [-0.2, 0) is 0 Å². The summed E-state index contributed by atoms with van der Waals surface area (Å²) in [6, 6.07) is 11.4. The highest BCUT2D eigenvalue weighted by Gasteiger charge is 2.33. The zero-order valence-corrected chi connectivity index (χ0v) is 15.1. The van der Waals surface area contributed by atoms with Crippen molar-refractivity contribution in [3.63, 3.8) is 0 Å². The summed E-state index contributed by atoms with van der Waals surface area (Å²) in [6.45, 7) is 0. The number of hydrogen-bond donors (Lipinski definition) is 3. The Morgan fingerprint density at radius 1 is 0.556 bits per heavy atom. The number of pyridine rings is 3. The first kappa shape index (κ1) is 17.3. The van der Waals surface area contributed by atoms with Crippen LogP contribution in [0.5, 0.6) is 0 Å². The van der Waals surface area contributed by atoms with E-state index >= 15 is 0 Å². The summed E-state index contributed by atoms with van der Waals surface area (Å²) in [6.07, 6.45) is 8.23. The average Bonchev–Trinajstić information content (AvgIpc) is 2.68. The molecule has 0 saturated heterocycles. The van der Waals surface area contributed by atoms with Crippen molar-refractivity contribution in [3.8, 4) is 0 Å². The molecule has 6 nitrogen and oxygen atoms in total. The molecule has 1 aliphatic rings. The van der Waals surface area contributed by atoms with Crippen LogP contribution in [0, 0.1) is 0 Å². The van der Waals surface area contributed by atoms with Crippen molar-refractivity contribution in [1.82, 2.24) is 15.0 Å². The zero-order chi connectivity index (χ0) is 18.8. The van der Waals surface area contributed by atoms with Crippen LogP contribution in [0.25, 0.3) is 0 Å². The van der Waals surface area contributed by atoms with Crippen LogP contribution in [0.1, 0.15) is 54.1 Å². The lowest BCUT2D eigenvalue weighted by Crippen LogP contribution is -2.22. The summed E-state index contributed by atoms with van der Waals surface area (Å²) >= 11 is 0. The Morgan fingerprint density at radius 3 is 1.11 bits per heavy atom. The van der Waals surface area contributed by atoms with Crippen molar-refractivity contribution in [2.24, 2.45) is 0 Å². The molecule has 0 aromatic carbocycles. The zero-order valence-electron chi connectivity index (χ0n) is 15.1. The summed E-state index contributed by atoms with van der Waals surface area (Å²) in [7, 11) is 0. The van der Waals surface area contributed by atoms with Gasteiger partial charge >= 0.3 is 0 Å². The third kappa shape index (κ3) is 3.84. The molecule has 0 atom stereocenters. The van der Waals surface area contributed by atoms with Crippen LogP contribution in [0.4, 0.5) is 17.1 Å². The Hall–Kier alpha value is -3.15. The normalized spacial score (nSPS) is 22.4. The number of rotatable bonds is 3. The fourth-order valence-electron chi connectivity index (χ4n) is 4.11. The quantitative estimate of drug-likeness (QED) is 0.658. The van der Waals surface area contributed by atoms with Crippen molar-refractivity contribution in [3.05, 3.63) is 72.1 Å². The lowest BCUT2D eigenvalue weighted by Gasteiger charge is -2.34. The molecule has 138 valence electrons. The Morgan fingerprint density at radius 2 is 0.852 bits per heavy atom. The van der Waals surface area contributed by atoms with Gasteiger partial charge in [-0.2, -0.15) is 0 Å². The van der Waals surface area contributed by atoms with Gasteiger partial charge in [0.1, 0.15) is 0 Å². The maximum atomic E-state index is 6.00. The summed E-state index contributed by atoms with van der Waals surface area (Å²) in [5.74, 6) is 0.844. The van der Waals surface area contributed by atoms with E-state index in [0.29, 0.717) is 0 Å². The highest BCUT2D eigenvalue weighted by atomic mass is 14.7. The minimum atomic E-state index is 0.281. The summed E-state index contributed by atoms with van der Waals surface area (Å²) in [5.41, 5.74) is 23.3. The first-order valence-electron chi connectivity index (χ1n) is 9.23. The molecule has 4 rings (SSSR count). The van der Waals surface area contributed by atoms with Crippen molar-refractivity contribution >= 4 is 17.1 Å². The molecule has 1 fully saturated rings. The second-order valence-corrected chi connectivity index (χ2v) is 7.34. The minimum absolute atomic E-state index is 0.281. The third-order valence-corrected chi connectivity index (χ3v) is 5.38. The molecule has 0 unspecified atom stereocenters. The van der Waals surface area contributed by atoms with E-state index in [4.69, 9.17) is 17.2 Å². The standard InChI is InChI=1S/C21H24N6/c22-16-1-4-25-19(10-16)13-7-14(20-11-17(23)2-5-26-20)9-15(8-13)21-12-18(24)3-6-27-21/h1-6,10-15H,7-9H2,(H2,22,25)(H2,23,26)(H2,24,27). The van der Waals surface area contributed by atoms with Gasteiger partial charge in [0, 0.05) is 70.5 Å². The lowest BCUT2D eigenvalue weighted by molar-refractivity contribution is 0.339. The predicted molar refractivity (Wildman–Crippen MR) is 108 cm³/mol. The summed E-state index contributed by atoms with van der Waals surface area (Å²) in [4.78, 5) is 13.8. The van der Waals surface area contributed by atoms with Crippen molar-refractivity contribution in [1.29, 1.82) is 0 Å². The molecule has 0 radical (unpaired) electrons. The second kappa shape index (κ2) is 7.23. The number of nitrogens with zero attached hydrogens (tertiary/aromatic N) is 3. The van der Waals surface area contributed by atoms with Gasteiger partial charge in [-0.05, 0) is 55.7 Å². The predicted octanol–water partition coefficient (Wildman–Crippen LogP) is 3.45. The number of aromatic nitrogens is 3. The van der Waals surface area contributed by atoms with E-state index in [0.717, 1.165) is 53.4 Å². The van der Waals surface area contributed by atoms with Gasteiger partial charge in [0.05, 0.1) is 0 Å². The molecule has 3 aromatic heterocycles. The van der Waals surface area contributed by atoms with Crippen molar-refractivity contribution in [2.45, 2.75) is 37.0 Å². The SMILES string of the molecule is Nc1ccnc(C2CC(c3cc(N)ccn3)CC(c3cc(N)ccn3)C2)c1. The lowest BCUT2D eigenvalue weighted by atomic mass is 9.71. The molecule has 0 aliphatic heterocycles. The van der Waals surface area contributed by atoms with Crippen LogP contribution < -0.4 is 17.2 Å². The summed E-state index contributed by atoms with van der Waals surface area (Å²) in [5, 5.41) is 0. The second-order valence-electron chi connectivity index (χ2n) is 7.34. The Kier molecular flexibility index (Phi) is 4.62. The highest BCUT2D eigenvalue weighted by Crippen LogP contribution is 2.47. The van der Waals surface area contributed by atoms with E-state index < -0.39 is 0 Å². The Labute approximate surface area is 158 Å². The first-order valence-corrected chi connectivity index (χ1v) is 9.23. The third-order valence-electron chi connectivity index (χ3n) is 5.38. The van der Waals surface area contributed by atoms with Gasteiger partial charge in [-0.15, -0.1) is 0 Å². The van der Waals surface area contributed by atoms with Gasteiger partial charge in [0.15, 0.2) is 0 Å². The van der Waals surface area contributed by atoms with E-state index in [9.17, 15) is 0 Å². The Bertz CT molecular complexity index is 813. The van der Waals surface area contributed by atoms with E-state index in [1.807, 2.05) is 36.4 Å². The van der Waals surface area contributed by atoms with Crippen molar-refractivity contribution in [2.75, 3.05) is 17.2 Å². The molecule has 27 heavy (non-hydrogen) atoms. The van der Waals surface area contributed by atoms with E-state index in [1.54, 1.807) is 18.6 Å². The smallest absolute Gasteiger partial charge is 0.0455 e. The maximum absolute atomic E-state index is 6.00. The molecular weight excluding hydrogens is 336 g/mol. The van der Waals surface area contributed by atoms with Gasteiger partial charge in [0.25, 0.3) is 0 Å². The van der Waals surface area contributed by atoms with E-state index in [-0.39, 0.29) is 17.8 Å². The van der Waals surface area contributed by atoms with Crippen LogP contribution in [0.15, 0.2) is 55.0 Å². The molecular formula is C21H24N6. The molecule has 1 aliphatic carbocycles. The maximum Gasteiger partial charge on any atom is 0.0455 e. The minimum Gasteiger partial charge on any atom is -0.399 e. The van der Waals surface area contributed by atoms with Gasteiger partial charge < -0.3 is 17.2 Å². The molecule has 6 N–H and O–H groups in total. The van der Waals surface area contributed by atoms with E-state index in [2.05, 4.69) is 15.0 Å². The van der Waals surface area contributed by atoms with Gasteiger partial charge in [-0.1, -0.05) is 0 Å². The molecule has 1 saturated carbocycles. The molecule has 0 spiro atoms. The Balaban J connectivity index is 1.70. The number of anilines is 3. The fourth-order valence-corrected chi connectivity index (χ4v) is 4.11. The number of nitrogens with two attached hydrogens (primary N) is 3. The topological polar surface area (TPSA) is 117 Å². The average molecular weight is 360 g/mol. The largest absolute Gasteiger partial charge is 0.399 e. The monoisotopic (exact) mass is 360 g/mol.